The minimum absolute atomic E-state index is 0.654. The second kappa shape index (κ2) is 9.48. The lowest BCUT2D eigenvalue weighted by Crippen LogP contribution is -2.06. The van der Waals surface area contributed by atoms with Crippen molar-refractivity contribution in [2.45, 2.75) is 20.8 Å². The molecule has 0 aliphatic carbocycles. The minimum atomic E-state index is 0.654. The average Bonchev–Trinajstić information content (AvgIpc) is 3.52. The molecule has 204 valence electrons. The molecule has 8 aromatic rings. The third-order valence-corrected chi connectivity index (χ3v) is 8.83. The van der Waals surface area contributed by atoms with Gasteiger partial charge in [0.15, 0.2) is 0 Å². The fourth-order valence-electron chi connectivity index (χ4n) is 6.87. The fraction of sp³-hybridized carbons (Fsp3) is 0.0750. The van der Waals surface area contributed by atoms with Gasteiger partial charge >= 0.3 is 0 Å². The predicted molar refractivity (Wildman–Crippen MR) is 179 cm³/mol. The van der Waals surface area contributed by atoms with E-state index in [4.69, 9.17) is 0 Å². The highest BCUT2D eigenvalue weighted by molar-refractivity contribution is 6.11. The van der Waals surface area contributed by atoms with Crippen LogP contribution >= 0.6 is 0 Å². The van der Waals surface area contributed by atoms with Gasteiger partial charge in [0, 0.05) is 27.1 Å². The second-order valence-corrected chi connectivity index (χ2v) is 11.5. The zero-order valence-corrected chi connectivity index (χ0v) is 24.4. The molecule has 0 fully saturated rings. The molecule has 0 atom stereocenters. The normalized spacial score (nSPS) is 11.6. The average molecular weight is 552 g/mol. The van der Waals surface area contributed by atoms with Crippen molar-refractivity contribution in [1.29, 1.82) is 5.26 Å². The molecule has 0 aliphatic rings. The first-order valence-corrected chi connectivity index (χ1v) is 14.7. The van der Waals surface area contributed by atoms with Crippen LogP contribution in [0.15, 0.2) is 121 Å². The number of hydrogen-bond donors (Lipinski definition) is 0. The van der Waals surface area contributed by atoms with Crippen LogP contribution in [-0.2, 0) is 0 Å². The highest BCUT2D eigenvalue weighted by Crippen LogP contribution is 2.42. The van der Waals surface area contributed by atoms with Gasteiger partial charge in [-0.05, 0) is 85.5 Å². The summed E-state index contributed by atoms with van der Waals surface area (Å²) in [5.41, 5.74) is 13.4. The van der Waals surface area contributed by atoms with E-state index in [0.29, 0.717) is 5.56 Å². The van der Waals surface area contributed by atoms with Crippen LogP contribution in [0.25, 0.3) is 66.1 Å². The Morgan fingerprint density at radius 1 is 0.512 bits per heavy atom. The molecule has 0 radical (unpaired) electrons. The van der Waals surface area contributed by atoms with Crippen LogP contribution in [0.5, 0.6) is 0 Å². The van der Waals surface area contributed by atoms with E-state index in [2.05, 4.69) is 139 Å². The van der Waals surface area contributed by atoms with Crippen molar-refractivity contribution < 1.29 is 0 Å². The number of benzene rings is 6. The summed E-state index contributed by atoms with van der Waals surface area (Å²) in [5.74, 6) is 0. The molecular weight excluding hydrogens is 522 g/mol. The molecule has 0 spiro atoms. The molecule has 2 aromatic heterocycles. The molecule has 0 bridgehead atoms. The first-order valence-electron chi connectivity index (χ1n) is 14.7. The minimum Gasteiger partial charge on any atom is -0.309 e. The molecule has 0 amide bonds. The standard InChI is InChI=1S/C40H29N3/c1-25-15-17-33-31-11-4-6-13-36(31)42(38(33)21-25)35-20-19-30(29-10-8-9-28(23-29)24-41)40(27(35)3)43-37-14-7-5-12-32(37)34-18-16-26(2)22-39(34)43/h4-23H,1-3H3. The lowest BCUT2D eigenvalue weighted by molar-refractivity contribution is 1.09. The molecule has 3 nitrogen and oxygen atoms in total. The van der Waals surface area contributed by atoms with Gasteiger partial charge in [-0.15, -0.1) is 0 Å². The van der Waals surface area contributed by atoms with Crippen LogP contribution in [0.4, 0.5) is 0 Å². The Balaban J connectivity index is 1.56. The summed E-state index contributed by atoms with van der Waals surface area (Å²) >= 11 is 0. The van der Waals surface area contributed by atoms with Gasteiger partial charge in [0.25, 0.3) is 0 Å². The number of para-hydroxylation sites is 2. The third-order valence-electron chi connectivity index (χ3n) is 8.83. The maximum Gasteiger partial charge on any atom is 0.0991 e. The van der Waals surface area contributed by atoms with Crippen molar-refractivity contribution in [3.63, 3.8) is 0 Å². The Morgan fingerprint density at radius 2 is 1.09 bits per heavy atom. The maximum absolute atomic E-state index is 9.76. The lowest BCUT2D eigenvalue weighted by atomic mass is 9.97. The van der Waals surface area contributed by atoms with Crippen LogP contribution in [0.1, 0.15) is 22.3 Å². The van der Waals surface area contributed by atoms with Gasteiger partial charge in [-0.1, -0.05) is 78.9 Å². The van der Waals surface area contributed by atoms with Gasteiger partial charge in [-0.25, -0.2) is 0 Å². The van der Waals surface area contributed by atoms with E-state index in [1.54, 1.807) is 0 Å². The molecule has 6 aromatic carbocycles. The first-order chi connectivity index (χ1) is 21.0. The van der Waals surface area contributed by atoms with Crippen LogP contribution in [0.2, 0.25) is 0 Å². The number of aryl methyl sites for hydroxylation is 2. The van der Waals surface area contributed by atoms with E-state index in [-0.39, 0.29) is 0 Å². The van der Waals surface area contributed by atoms with Crippen molar-refractivity contribution in [2.75, 3.05) is 0 Å². The molecule has 0 N–H and O–H groups in total. The summed E-state index contributed by atoms with van der Waals surface area (Å²) in [6.45, 7) is 6.56. The Bertz CT molecular complexity index is 2450. The van der Waals surface area contributed by atoms with Gasteiger partial charge in [-0.2, -0.15) is 5.26 Å². The molecule has 43 heavy (non-hydrogen) atoms. The van der Waals surface area contributed by atoms with Crippen LogP contribution in [0.3, 0.4) is 0 Å². The zero-order chi connectivity index (χ0) is 29.2. The number of aromatic nitrogens is 2. The van der Waals surface area contributed by atoms with Crippen molar-refractivity contribution in [2.24, 2.45) is 0 Å². The van der Waals surface area contributed by atoms with Crippen LogP contribution < -0.4 is 0 Å². The quantitative estimate of drug-likeness (QED) is 0.215. The SMILES string of the molecule is Cc1ccc2c3ccccc3n(-c3ccc(-c4cccc(C#N)c4)c(-n4c5ccccc5c5ccc(C)cc54)c3C)c2c1. The van der Waals surface area contributed by atoms with E-state index in [0.717, 1.165) is 22.5 Å². The number of nitriles is 1. The molecule has 2 heterocycles. The van der Waals surface area contributed by atoms with Crippen molar-refractivity contribution in [3.05, 3.63) is 144 Å². The fourth-order valence-corrected chi connectivity index (χ4v) is 6.87. The number of rotatable bonds is 3. The van der Waals surface area contributed by atoms with Gasteiger partial charge in [0.1, 0.15) is 0 Å². The van der Waals surface area contributed by atoms with Gasteiger partial charge < -0.3 is 9.13 Å². The topological polar surface area (TPSA) is 33.6 Å². The number of fused-ring (bicyclic) bond motifs is 6. The largest absolute Gasteiger partial charge is 0.309 e. The predicted octanol–water partition coefficient (Wildman–Crippen LogP) is 10.3. The van der Waals surface area contributed by atoms with Gasteiger partial charge in [-0.3, -0.25) is 0 Å². The van der Waals surface area contributed by atoms with Crippen LogP contribution in [-0.4, -0.2) is 9.13 Å². The van der Waals surface area contributed by atoms with Crippen molar-refractivity contribution in [3.8, 4) is 28.6 Å². The Kier molecular flexibility index (Phi) is 5.54. The molecule has 0 aliphatic heterocycles. The highest BCUT2D eigenvalue weighted by Gasteiger charge is 2.22. The van der Waals surface area contributed by atoms with Crippen LogP contribution in [0, 0.1) is 32.1 Å². The Labute approximate surface area is 250 Å². The third kappa shape index (κ3) is 3.74. The monoisotopic (exact) mass is 551 g/mol. The summed E-state index contributed by atoms with van der Waals surface area (Å²) < 4.78 is 4.86. The van der Waals surface area contributed by atoms with E-state index in [1.807, 2.05) is 18.2 Å². The summed E-state index contributed by atoms with van der Waals surface area (Å²) in [5, 5.41) is 14.7. The van der Waals surface area contributed by atoms with E-state index >= 15 is 0 Å². The van der Waals surface area contributed by atoms with Gasteiger partial charge in [0.2, 0.25) is 0 Å². The maximum atomic E-state index is 9.76. The zero-order valence-electron chi connectivity index (χ0n) is 24.4. The first kappa shape index (κ1) is 25.1. The van der Waals surface area contributed by atoms with Crippen molar-refractivity contribution >= 4 is 43.6 Å². The second-order valence-electron chi connectivity index (χ2n) is 11.5. The summed E-state index contributed by atoms with van der Waals surface area (Å²) in [6, 6.07) is 45.6. The molecule has 3 heteroatoms. The molecular formula is C40H29N3. The van der Waals surface area contributed by atoms with E-state index < -0.39 is 0 Å². The molecule has 0 unspecified atom stereocenters. The Morgan fingerprint density at radius 3 is 1.74 bits per heavy atom. The van der Waals surface area contributed by atoms with E-state index in [1.165, 1.54) is 60.3 Å². The van der Waals surface area contributed by atoms with Crippen molar-refractivity contribution in [1.82, 2.24) is 9.13 Å². The summed E-state index contributed by atoms with van der Waals surface area (Å²) in [4.78, 5) is 0. The smallest absolute Gasteiger partial charge is 0.0991 e. The number of nitrogens with zero attached hydrogens (tertiary/aromatic N) is 3. The molecule has 0 saturated carbocycles. The summed E-state index contributed by atoms with van der Waals surface area (Å²) in [7, 11) is 0. The molecule has 0 saturated heterocycles. The highest BCUT2D eigenvalue weighted by atomic mass is 15.0. The Hall–Kier alpha value is -5.59. The molecule has 8 rings (SSSR count). The number of hydrogen-bond acceptors (Lipinski definition) is 1. The van der Waals surface area contributed by atoms with Gasteiger partial charge in [0.05, 0.1) is 45.1 Å². The van der Waals surface area contributed by atoms with E-state index in [9.17, 15) is 5.26 Å². The lowest BCUT2D eigenvalue weighted by Gasteiger charge is -2.21. The summed E-state index contributed by atoms with van der Waals surface area (Å²) in [6.07, 6.45) is 0.